The van der Waals surface area contributed by atoms with Crippen LogP contribution in [-0.2, 0) is 0 Å². The molecule has 2 aromatic carbocycles. The Labute approximate surface area is 143 Å². The summed E-state index contributed by atoms with van der Waals surface area (Å²) in [6.07, 6.45) is 3.42. The Morgan fingerprint density at radius 2 is 1.92 bits per heavy atom. The number of hydrogen-bond donors (Lipinski definition) is 1. The van der Waals surface area contributed by atoms with E-state index < -0.39 is 0 Å². The van der Waals surface area contributed by atoms with Crippen LogP contribution >= 0.6 is 11.6 Å². The molecule has 0 spiro atoms. The van der Waals surface area contributed by atoms with E-state index in [0.29, 0.717) is 16.4 Å². The second-order valence-electron chi connectivity index (χ2n) is 5.00. The molecule has 0 radical (unpaired) electrons. The van der Waals surface area contributed by atoms with E-state index in [1.165, 1.54) is 6.92 Å². The van der Waals surface area contributed by atoms with Crippen molar-refractivity contribution in [3.05, 3.63) is 71.1 Å². The molecule has 0 aliphatic rings. The van der Waals surface area contributed by atoms with Gasteiger partial charge in [0.05, 0.1) is 5.69 Å². The van der Waals surface area contributed by atoms with Crippen molar-refractivity contribution in [2.45, 2.75) is 6.92 Å². The summed E-state index contributed by atoms with van der Waals surface area (Å²) in [7, 11) is 0. The zero-order valence-corrected chi connectivity index (χ0v) is 13.6. The Kier molecular flexibility index (Phi) is 4.67. The molecule has 1 heterocycles. The summed E-state index contributed by atoms with van der Waals surface area (Å²) < 4.78 is 1.59. The van der Waals surface area contributed by atoms with Crippen LogP contribution in [-0.4, -0.2) is 26.0 Å². The number of para-hydroxylation sites is 1. The zero-order chi connectivity index (χ0) is 16.9. The van der Waals surface area contributed by atoms with Crippen LogP contribution in [0.1, 0.15) is 23.1 Å². The van der Waals surface area contributed by atoms with Crippen molar-refractivity contribution in [2.24, 2.45) is 0 Å². The molecule has 3 rings (SSSR count). The van der Waals surface area contributed by atoms with Gasteiger partial charge in [-0.1, -0.05) is 23.7 Å². The monoisotopic (exact) mass is 339 g/mol. The minimum absolute atomic E-state index is 0.00232. The van der Waals surface area contributed by atoms with E-state index in [2.05, 4.69) is 20.8 Å². The number of rotatable bonds is 5. The van der Waals surface area contributed by atoms with Crippen LogP contribution in [0.5, 0.6) is 0 Å². The zero-order valence-electron chi connectivity index (χ0n) is 12.8. The second-order valence-corrected chi connectivity index (χ2v) is 5.44. The van der Waals surface area contributed by atoms with Crippen LogP contribution in [0.25, 0.3) is 11.8 Å². The fraction of sp³-hybridized carbons (Fsp3) is 0.0588. The van der Waals surface area contributed by atoms with Gasteiger partial charge in [0.15, 0.2) is 11.6 Å². The van der Waals surface area contributed by atoms with Gasteiger partial charge in [-0.25, -0.2) is 0 Å². The third kappa shape index (κ3) is 3.49. The number of aromatic nitrogens is 4. The van der Waals surface area contributed by atoms with Crippen molar-refractivity contribution in [2.75, 3.05) is 5.32 Å². The Balaban J connectivity index is 1.81. The van der Waals surface area contributed by atoms with Gasteiger partial charge in [-0.15, -0.1) is 5.10 Å². The van der Waals surface area contributed by atoms with Gasteiger partial charge < -0.3 is 5.32 Å². The van der Waals surface area contributed by atoms with Crippen LogP contribution < -0.4 is 5.32 Å². The molecule has 1 N–H and O–H groups in total. The number of nitrogens with one attached hydrogen (secondary N) is 1. The predicted octanol–water partition coefficient (Wildman–Crippen LogP) is 3.60. The molecule has 0 bridgehead atoms. The summed E-state index contributed by atoms with van der Waals surface area (Å²) in [5.74, 6) is 0.544. The highest BCUT2D eigenvalue weighted by Crippen LogP contribution is 2.16. The summed E-state index contributed by atoms with van der Waals surface area (Å²) in [6.45, 7) is 1.53. The van der Waals surface area contributed by atoms with E-state index in [1.807, 2.05) is 30.3 Å². The summed E-state index contributed by atoms with van der Waals surface area (Å²) in [4.78, 5) is 11.6. The minimum Gasteiger partial charge on any atom is -0.361 e. The molecule has 3 aromatic rings. The maximum atomic E-state index is 11.6. The standard InChI is InChI=1S/C17H14ClN5O/c1-12(24)15-4-2-3-5-16(15)19-11-10-17-20-21-22-23(17)14-8-6-13(18)7-9-14/h2-11,19H,1H3. The van der Waals surface area contributed by atoms with Crippen molar-refractivity contribution in [3.63, 3.8) is 0 Å². The molecule has 0 unspecified atom stereocenters. The third-order valence-electron chi connectivity index (χ3n) is 3.34. The molecule has 0 saturated heterocycles. The first kappa shape index (κ1) is 15.9. The van der Waals surface area contributed by atoms with Crippen molar-refractivity contribution >= 4 is 29.1 Å². The first-order valence-corrected chi connectivity index (χ1v) is 7.60. The smallest absolute Gasteiger partial charge is 0.181 e. The fourth-order valence-corrected chi connectivity index (χ4v) is 2.31. The highest BCUT2D eigenvalue weighted by atomic mass is 35.5. The molecule has 6 nitrogen and oxygen atoms in total. The van der Waals surface area contributed by atoms with Crippen LogP contribution in [0, 0.1) is 0 Å². The van der Waals surface area contributed by atoms with Crippen LogP contribution in [0.15, 0.2) is 54.7 Å². The Morgan fingerprint density at radius 3 is 2.67 bits per heavy atom. The summed E-state index contributed by atoms with van der Waals surface area (Å²) in [5, 5.41) is 15.4. The van der Waals surface area contributed by atoms with E-state index >= 15 is 0 Å². The number of carbonyl (C=O) groups is 1. The van der Waals surface area contributed by atoms with Gasteiger partial charge in [0.2, 0.25) is 0 Å². The molecule has 0 fully saturated rings. The molecule has 0 saturated carbocycles. The highest BCUT2D eigenvalue weighted by Gasteiger charge is 2.06. The third-order valence-corrected chi connectivity index (χ3v) is 3.59. The van der Waals surface area contributed by atoms with Gasteiger partial charge in [0, 0.05) is 28.5 Å². The van der Waals surface area contributed by atoms with Crippen molar-refractivity contribution in [3.8, 4) is 5.69 Å². The van der Waals surface area contributed by atoms with Gasteiger partial charge in [-0.05, 0) is 53.7 Å². The van der Waals surface area contributed by atoms with Gasteiger partial charge in [0.25, 0.3) is 0 Å². The molecule has 7 heteroatoms. The Morgan fingerprint density at radius 1 is 1.17 bits per heavy atom. The number of hydrogen-bond acceptors (Lipinski definition) is 5. The molecule has 0 aliphatic carbocycles. The van der Waals surface area contributed by atoms with Gasteiger partial charge >= 0.3 is 0 Å². The van der Waals surface area contributed by atoms with Gasteiger partial charge in [-0.2, -0.15) is 4.68 Å². The summed E-state index contributed by atoms with van der Waals surface area (Å²) in [5.41, 5.74) is 2.15. The molecule has 1 aromatic heterocycles. The quantitative estimate of drug-likeness (QED) is 0.719. The number of tetrazole rings is 1. The molecule has 0 aliphatic heterocycles. The van der Waals surface area contributed by atoms with E-state index in [9.17, 15) is 4.79 Å². The molecule has 0 atom stereocenters. The van der Waals surface area contributed by atoms with Crippen LogP contribution in [0.2, 0.25) is 5.02 Å². The SMILES string of the molecule is CC(=O)c1ccccc1NC=Cc1nnnn1-c1ccc(Cl)cc1. The maximum absolute atomic E-state index is 11.6. The lowest BCUT2D eigenvalue weighted by atomic mass is 10.1. The molecule has 0 amide bonds. The van der Waals surface area contributed by atoms with Gasteiger partial charge in [0.1, 0.15) is 0 Å². The first-order chi connectivity index (χ1) is 11.6. The normalized spacial score (nSPS) is 10.9. The fourth-order valence-electron chi connectivity index (χ4n) is 2.19. The lowest BCUT2D eigenvalue weighted by Gasteiger charge is -2.06. The number of anilines is 1. The first-order valence-electron chi connectivity index (χ1n) is 7.22. The average Bonchev–Trinajstić information content (AvgIpc) is 3.04. The van der Waals surface area contributed by atoms with Crippen molar-refractivity contribution < 1.29 is 4.79 Å². The van der Waals surface area contributed by atoms with Crippen molar-refractivity contribution in [1.82, 2.24) is 20.2 Å². The van der Waals surface area contributed by atoms with E-state index in [0.717, 1.165) is 11.4 Å². The van der Waals surface area contributed by atoms with Crippen molar-refractivity contribution in [1.29, 1.82) is 0 Å². The largest absolute Gasteiger partial charge is 0.361 e. The average molecular weight is 340 g/mol. The Bertz CT molecular complexity index is 886. The maximum Gasteiger partial charge on any atom is 0.181 e. The van der Waals surface area contributed by atoms with E-state index in [4.69, 9.17) is 11.6 Å². The number of nitrogens with zero attached hydrogens (tertiary/aromatic N) is 4. The molecular weight excluding hydrogens is 326 g/mol. The summed E-state index contributed by atoms with van der Waals surface area (Å²) in [6, 6.07) is 14.5. The predicted molar refractivity (Wildman–Crippen MR) is 93.3 cm³/mol. The number of halogens is 1. The summed E-state index contributed by atoms with van der Waals surface area (Å²) >= 11 is 5.89. The second kappa shape index (κ2) is 7.06. The number of carbonyl (C=O) groups excluding carboxylic acids is 1. The highest BCUT2D eigenvalue weighted by molar-refractivity contribution is 6.30. The molecule has 24 heavy (non-hydrogen) atoms. The molecule has 120 valence electrons. The lowest BCUT2D eigenvalue weighted by Crippen LogP contribution is -2.01. The Hall–Kier alpha value is -2.99. The van der Waals surface area contributed by atoms with Crippen LogP contribution in [0.4, 0.5) is 5.69 Å². The van der Waals surface area contributed by atoms with E-state index in [-0.39, 0.29) is 5.78 Å². The van der Waals surface area contributed by atoms with E-state index in [1.54, 1.807) is 35.2 Å². The minimum atomic E-state index is -0.00232. The number of benzene rings is 2. The van der Waals surface area contributed by atoms with Gasteiger partial charge in [-0.3, -0.25) is 4.79 Å². The molecular formula is C17H14ClN5O. The topological polar surface area (TPSA) is 72.7 Å². The lowest BCUT2D eigenvalue weighted by molar-refractivity contribution is 0.101. The van der Waals surface area contributed by atoms with Crippen LogP contribution in [0.3, 0.4) is 0 Å². The number of Topliss-reactive ketones (excluding diaryl/α,β-unsaturated/α-hetero) is 1. The number of ketones is 1.